The smallest absolute Gasteiger partial charge is 0.253 e. The van der Waals surface area contributed by atoms with Crippen molar-refractivity contribution >= 4 is 29.0 Å². The van der Waals surface area contributed by atoms with E-state index in [2.05, 4.69) is 15.6 Å². The van der Waals surface area contributed by atoms with E-state index in [9.17, 15) is 9.59 Å². The van der Waals surface area contributed by atoms with Crippen molar-refractivity contribution in [1.29, 1.82) is 0 Å². The van der Waals surface area contributed by atoms with Gasteiger partial charge in [-0.1, -0.05) is 29.7 Å². The number of ketones is 1. The third-order valence-electron chi connectivity index (χ3n) is 4.96. The first-order valence-corrected chi connectivity index (χ1v) is 9.97. The van der Waals surface area contributed by atoms with Gasteiger partial charge in [-0.2, -0.15) is 5.10 Å². The molecule has 0 saturated carbocycles. The minimum Gasteiger partial charge on any atom is -0.384 e. The average Bonchev–Trinajstić information content (AvgIpc) is 3.23. The van der Waals surface area contributed by atoms with Crippen LogP contribution in [0.3, 0.4) is 0 Å². The zero-order valence-electron chi connectivity index (χ0n) is 17.1. The van der Waals surface area contributed by atoms with E-state index in [1.165, 1.54) is 0 Å². The first-order valence-electron chi connectivity index (χ1n) is 9.59. The quantitative estimate of drug-likeness (QED) is 0.748. The maximum absolute atomic E-state index is 12.5. The molecule has 0 saturated heterocycles. The lowest BCUT2D eigenvalue weighted by molar-refractivity contribution is -0.118. The highest BCUT2D eigenvalue weighted by Crippen LogP contribution is 2.37. The molecule has 1 unspecified atom stereocenters. The molecule has 0 radical (unpaired) electrons. The summed E-state index contributed by atoms with van der Waals surface area (Å²) in [5.74, 6) is -0.393. The Bertz CT molecular complexity index is 982. The van der Waals surface area contributed by atoms with Crippen LogP contribution in [0, 0.1) is 6.92 Å². The van der Waals surface area contributed by atoms with Crippen LogP contribution in [0.4, 0.5) is 0 Å². The van der Waals surface area contributed by atoms with Crippen LogP contribution < -0.4 is 5.32 Å². The Balaban J connectivity index is 1.77. The molecule has 1 aliphatic rings. The second kappa shape index (κ2) is 8.37. The fraction of sp³-hybridized carbons (Fsp3) is 0.429. The van der Waals surface area contributed by atoms with Gasteiger partial charge >= 0.3 is 0 Å². The number of rotatable bonds is 7. The van der Waals surface area contributed by atoms with E-state index < -0.39 is 5.60 Å². The molecule has 29 heavy (non-hydrogen) atoms. The normalized spacial score (nSPS) is 18.3. The van der Waals surface area contributed by atoms with Gasteiger partial charge in [-0.15, -0.1) is 0 Å². The van der Waals surface area contributed by atoms with Crippen molar-refractivity contribution in [3.05, 3.63) is 51.8 Å². The minimum absolute atomic E-state index is 0.00432. The Morgan fingerprint density at radius 1 is 1.38 bits per heavy atom. The molecule has 0 aliphatic carbocycles. The molecular weight excluding hydrogens is 392 g/mol. The number of benzene rings is 1. The van der Waals surface area contributed by atoms with Crippen LogP contribution in [0.15, 0.2) is 29.6 Å². The molecule has 2 aromatic rings. The number of nitrogens with one attached hydrogen (secondary N) is 1. The van der Waals surface area contributed by atoms with Gasteiger partial charge < -0.3 is 10.2 Å². The summed E-state index contributed by atoms with van der Waals surface area (Å²) < 4.78 is 1.75. The molecule has 1 aromatic carbocycles. The molecule has 1 aromatic heterocycles. The first kappa shape index (κ1) is 21.0. The van der Waals surface area contributed by atoms with Crippen molar-refractivity contribution in [1.82, 2.24) is 15.1 Å². The lowest BCUT2D eigenvalue weighted by atomic mass is 9.89. The molecule has 8 heteroatoms. The molecule has 3 rings (SSSR count). The highest BCUT2D eigenvalue weighted by molar-refractivity contribution is 6.34. The van der Waals surface area contributed by atoms with Crippen LogP contribution in [0.25, 0.3) is 0 Å². The molecular formula is C21H25ClN4O3. The summed E-state index contributed by atoms with van der Waals surface area (Å²) in [5, 5.41) is 11.6. The Hall–Kier alpha value is -2.67. The highest BCUT2D eigenvalue weighted by atomic mass is 35.5. The van der Waals surface area contributed by atoms with Crippen LogP contribution in [0.2, 0.25) is 5.02 Å². The number of amides is 1. The van der Waals surface area contributed by atoms with E-state index in [1.54, 1.807) is 16.8 Å². The number of halogens is 1. The first-order chi connectivity index (χ1) is 13.7. The second-order valence-corrected chi connectivity index (χ2v) is 7.91. The number of hydrogen-bond acceptors (Lipinski definition) is 5. The van der Waals surface area contributed by atoms with Crippen LogP contribution >= 0.6 is 11.6 Å². The lowest BCUT2D eigenvalue weighted by Crippen LogP contribution is -2.29. The van der Waals surface area contributed by atoms with Gasteiger partial charge in [0.2, 0.25) is 0 Å². The van der Waals surface area contributed by atoms with Gasteiger partial charge in [0.05, 0.1) is 28.5 Å². The highest BCUT2D eigenvalue weighted by Gasteiger charge is 2.39. The molecule has 0 fully saturated rings. The van der Waals surface area contributed by atoms with E-state index in [4.69, 9.17) is 16.4 Å². The Morgan fingerprint density at radius 2 is 2.14 bits per heavy atom. The standard InChI is InChI=1S/C21H25ClN4O3/c1-5-6-15(27)11-23-20(28)16-9-14(7-8-18(16)22)19-10-21(3,29-25-19)17-12-26(4)24-13(17)2/h7-9,12H,5-6,10-11H2,1-4H3,(H,23,28). The maximum atomic E-state index is 12.5. The van der Waals surface area contributed by atoms with Crippen molar-refractivity contribution in [3.63, 3.8) is 0 Å². The molecule has 1 aliphatic heterocycles. The molecule has 0 spiro atoms. The van der Waals surface area contributed by atoms with Crippen molar-refractivity contribution in [2.45, 2.75) is 45.6 Å². The Labute approximate surface area is 175 Å². The molecule has 1 atom stereocenters. The van der Waals surface area contributed by atoms with Gasteiger partial charge in [0.25, 0.3) is 5.91 Å². The summed E-state index contributed by atoms with van der Waals surface area (Å²) in [6, 6.07) is 5.16. The van der Waals surface area contributed by atoms with E-state index in [0.29, 0.717) is 23.4 Å². The third-order valence-corrected chi connectivity index (χ3v) is 5.29. The third kappa shape index (κ3) is 4.50. The molecule has 1 N–H and O–H groups in total. The fourth-order valence-electron chi connectivity index (χ4n) is 3.48. The lowest BCUT2D eigenvalue weighted by Gasteiger charge is -2.20. The van der Waals surface area contributed by atoms with Crippen LogP contribution in [-0.2, 0) is 22.3 Å². The van der Waals surface area contributed by atoms with Gasteiger partial charge in [0.1, 0.15) is 0 Å². The van der Waals surface area contributed by atoms with Crippen molar-refractivity contribution < 1.29 is 14.4 Å². The number of carbonyl (C=O) groups is 2. The van der Waals surface area contributed by atoms with Crippen LogP contribution in [0.5, 0.6) is 0 Å². The van der Waals surface area contributed by atoms with E-state index in [1.807, 2.05) is 40.1 Å². The molecule has 7 nitrogen and oxygen atoms in total. The summed E-state index contributed by atoms with van der Waals surface area (Å²) in [6.45, 7) is 5.82. The van der Waals surface area contributed by atoms with E-state index in [-0.39, 0.29) is 18.2 Å². The number of nitrogens with zero attached hydrogens (tertiary/aromatic N) is 3. The van der Waals surface area contributed by atoms with Gasteiger partial charge in [-0.3, -0.25) is 14.3 Å². The summed E-state index contributed by atoms with van der Waals surface area (Å²) in [4.78, 5) is 30.0. The van der Waals surface area contributed by atoms with Crippen LogP contribution in [-0.4, -0.2) is 33.7 Å². The van der Waals surface area contributed by atoms with Crippen molar-refractivity contribution in [2.24, 2.45) is 12.2 Å². The number of oxime groups is 1. The Kier molecular flexibility index (Phi) is 6.07. The number of aromatic nitrogens is 2. The van der Waals surface area contributed by atoms with Gasteiger partial charge in [0, 0.05) is 37.2 Å². The minimum atomic E-state index is -0.623. The number of hydrogen-bond donors (Lipinski definition) is 1. The van der Waals surface area contributed by atoms with Crippen molar-refractivity contribution in [3.8, 4) is 0 Å². The Morgan fingerprint density at radius 3 is 2.79 bits per heavy atom. The second-order valence-electron chi connectivity index (χ2n) is 7.50. The average molecular weight is 417 g/mol. The number of aryl methyl sites for hydroxylation is 2. The van der Waals surface area contributed by atoms with E-state index >= 15 is 0 Å². The molecule has 154 valence electrons. The summed E-state index contributed by atoms with van der Waals surface area (Å²) in [6.07, 6.45) is 3.66. The van der Waals surface area contributed by atoms with E-state index in [0.717, 1.165) is 29.0 Å². The zero-order valence-corrected chi connectivity index (χ0v) is 17.8. The molecule has 2 heterocycles. The fourth-order valence-corrected chi connectivity index (χ4v) is 3.68. The topological polar surface area (TPSA) is 85.6 Å². The molecule has 0 bridgehead atoms. The number of Topliss-reactive ketones (excluding diaryl/α,β-unsaturated/α-hetero) is 1. The summed E-state index contributed by atoms with van der Waals surface area (Å²) in [7, 11) is 1.87. The summed E-state index contributed by atoms with van der Waals surface area (Å²) >= 11 is 6.22. The van der Waals surface area contributed by atoms with Gasteiger partial charge in [-0.05, 0) is 32.4 Å². The van der Waals surface area contributed by atoms with Gasteiger partial charge in [0.15, 0.2) is 11.4 Å². The molecule has 1 amide bonds. The largest absolute Gasteiger partial charge is 0.384 e. The monoisotopic (exact) mass is 416 g/mol. The zero-order chi connectivity index (χ0) is 21.2. The van der Waals surface area contributed by atoms with Crippen LogP contribution in [0.1, 0.15) is 60.3 Å². The maximum Gasteiger partial charge on any atom is 0.253 e. The predicted molar refractivity (Wildman–Crippen MR) is 111 cm³/mol. The van der Waals surface area contributed by atoms with Gasteiger partial charge in [-0.25, -0.2) is 0 Å². The SMILES string of the molecule is CCCC(=O)CNC(=O)c1cc(C2=NOC(C)(c3cn(C)nc3C)C2)ccc1Cl. The summed E-state index contributed by atoms with van der Waals surface area (Å²) in [5.41, 5.74) is 3.03. The predicted octanol–water partition coefficient (Wildman–Crippen LogP) is 3.52. The van der Waals surface area contributed by atoms with Crippen molar-refractivity contribution in [2.75, 3.05) is 6.54 Å². The number of carbonyl (C=O) groups excluding carboxylic acids is 2.